The zero-order valence-corrected chi connectivity index (χ0v) is 13.9. The van der Waals surface area contributed by atoms with E-state index in [-0.39, 0.29) is 12.0 Å². The van der Waals surface area contributed by atoms with E-state index in [1.54, 1.807) is 6.07 Å². The standard InChI is InChI=1S/C16H27N3O3/c1-4-6-13-11-15(17-22-13)16(20)19(9-8-18(2)3)12-14-7-5-10-21-14/h11,14H,4-10,12H2,1-3H3/t14-/m0/s1. The summed E-state index contributed by atoms with van der Waals surface area (Å²) in [5, 5.41) is 3.94. The number of aromatic nitrogens is 1. The number of likely N-dealkylation sites (N-methyl/N-ethyl adjacent to an activating group) is 1. The van der Waals surface area contributed by atoms with Crippen LogP contribution in [0.3, 0.4) is 0 Å². The summed E-state index contributed by atoms with van der Waals surface area (Å²) >= 11 is 0. The Morgan fingerprint density at radius 3 is 2.86 bits per heavy atom. The molecule has 0 aromatic carbocycles. The van der Waals surface area contributed by atoms with Crippen LogP contribution in [0.1, 0.15) is 42.4 Å². The van der Waals surface area contributed by atoms with E-state index in [0.29, 0.717) is 18.8 Å². The molecule has 1 aliphatic heterocycles. The van der Waals surface area contributed by atoms with Crippen LogP contribution >= 0.6 is 0 Å². The molecule has 124 valence electrons. The average molecular weight is 309 g/mol. The molecule has 2 rings (SSSR count). The quantitative estimate of drug-likeness (QED) is 0.733. The molecular formula is C16H27N3O3. The van der Waals surface area contributed by atoms with E-state index in [9.17, 15) is 4.79 Å². The summed E-state index contributed by atoms with van der Waals surface area (Å²) < 4.78 is 10.9. The van der Waals surface area contributed by atoms with E-state index in [0.717, 1.165) is 44.6 Å². The minimum absolute atomic E-state index is 0.0662. The molecule has 6 heteroatoms. The van der Waals surface area contributed by atoms with Gasteiger partial charge in [-0.3, -0.25) is 4.79 Å². The molecule has 0 radical (unpaired) electrons. The third-order valence-electron chi connectivity index (χ3n) is 3.83. The first-order valence-corrected chi connectivity index (χ1v) is 8.11. The van der Waals surface area contributed by atoms with E-state index in [1.807, 2.05) is 19.0 Å². The van der Waals surface area contributed by atoms with Gasteiger partial charge in [0.2, 0.25) is 0 Å². The van der Waals surface area contributed by atoms with E-state index in [1.165, 1.54) is 0 Å². The van der Waals surface area contributed by atoms with Crippen molar-refractivity contribution < 1.29 is 14.1 Å². The molecule has 22 heavy (non-hydrogen) atoms. The molecule has 0 saturated carbocycles. The number of hydrogen-bond acceptors (Lipinski definition) is 5. The first-order chi connectivity index (χ1) is 10.6. The number of carbonyl (C=O) groups excluding carboxylic acids is 1. The molecule has 0 unspecified atom stereocenters. The van der Waals surface area contributed by atoms with Crippen LogP contribution in [0.2, 0.25) is 0 Å². The van der Waals surface area contributed by atoms with Crippen LogP contribution < -0.4 is 0 Å². The molecule has 1 aromatic heterocycles. The smallest absolute Gasteiger partial charge is 0.276 e. The second kappa shape index (κ2) is 8.29. The Morgan fingerprint density at radius 2 is 2.23 bits per heavy atom. The molecule has 1 saturated heterocycles. The maximum absolute atomic E-state index is 12.7. The molecule has 1 amide bonds. The normalized spacial score (nSPS) is 18.1. The van der Waals surface area contributed by atoms with Gasteiger partial charge in [0.25, 0.3) is 5.91 Å². The first kappa shape index (κ1) is 17.0. The van der Waals surface area contributed by atoms with Crippen molar-refractivity contribution in [3.8, 4) is 0 Å². The van der Waals surface area contributed by atoms with Crippen molar-refractivity contribution in [2.45, 2.75) is 38.7 Å². The molecule has 1 aromatic rings. The highest BCUT2D eigenvalue weighted by Gasteiger charge is 2.25. The largest absolute Gasteiger partial charge is 0.376 e. The van der Waals surface area contributed by atoms with Crippen LogP contribution in [-0.2, 0) is 11.2 Å². The fourth-order valence-corrected chi connectivity index (χ4v) is 2.57. The van der Waals surface area contributed by atoms with Crippen LogP contribution in [0.15, 0.2) is 10.6 Å². The number of nitrogens with zero attached hydrogens (tertiary/aromatic N) is 3. The van der Waals surface area contributed by atoms with Crippen molar-refractivity contribution in [3.63, 3.8) is 0 Å². The highest BCUT2D eigenvalue weighted by molar-refractivity contribution is 5.92. The van der Waals surface area contributed by atoms with Crippen molar-refractivity contribution in [1.29, 1.82) is 0 Å². The summed E-state index contributed by atoms with van der Waals surface area (Å²) in [5.41, 5.74) is 0.403. The lowest BCUT2D eigenvalue weighted by Gasteiger charge is -2.26. The van der Waals surface area contributed by atoms with Crippen molar-refractivity contribution in [3.05, 3.63) is 17.5 Å². The Morgan fingerprint density at radius 1 is 1.41 bits per heavy atom. The maximum Gasteiger partial charge on any atom is 0.276 e. The van der Waals surface area contributed by atoms with E-state index in [4.69, 9.17) is 9.26 Å². The Balaban J connectivity index is 2.02. The lowest BCUT2D eigenvalue weighted by Crippen LogP contribution is -2.41. The average Bonchev–Trinajstić information content (AvgIpc) is 3.14. The van der Waals surface area contributed by atoms with Crippen molar-refractivity contribution in [2.24, 2.45) is 0 Å². The van der Waals surface area contributed by atoms with Crippen molar-refractivity contribution in [2.75, 3.05) is 40.3 Å². The zero-order valence-electron chi connectivity index (χ0n) is 13.9. The third-order valence-corrected chi connectivity index (χ3v) is 3.83. The van der Waals surface area contributed by atoms with Crippen molar-refractivity contribution >= 4 is 5.91 Å². The Bertz CT molecular complexity index is 467. The van der Waals surface area contributed by atoms with Crippen molar-refractivity contribution in [1.82, 2.24) is 15.0 Å². The molecule has 1 fully saturated rings. The molecule has 0 bridgehead atoms. The minimum Gasteiger partial charge on any atom is -0.376 e. The highest BCUT2D eigenvalue weighted by atomic mass is 16.5. The van der Waals surface area contributed by atoms with Crippen LogP contribution in [0.25, 0.3) is 0 Å². The Hall–Kier alpha value is -1.40. The van der Waals surface area contributed by atoms with Gasteiger partial charge < -0.3 is 19.1 Å². The summed E-state index contributed by atoms with van der Waals surface area (Å²) in [7, 11) is 4.01. The fourth-order valence-electron chi connectivity index (χ4n) is 2.57. The number of carbonyl (C=O) groups is 1. The molecule has 0 N–H and O–H groups in total. The predicted octanol–water partition coefficient (Wildman–Crippen LogP) is 1.81. The SMILES string of the molecule is CCCc1cc(C(=O)N(CCN(C)C)C[C@@H]2CCCO2)no1. The molecule has 1 aliphatic rings. The molecule has 2 heterocycles. The molecule has 0 aliphatic carbocycles. The van der Waals surface area contributed by atoms with Gasteiger partial charge in [-0.05, 0) is 33.4 Å². The first-order valence-electron chi connectivity index (χ1n) is 8.11. The van der Waals surface area contributed by atoms with Gasteiger partial charge in [0.05, 0.1) is 6.10 Å². The van der Waals surface area contributed by atoms with E-state index < -0.39 is 0 Å². The number of aryl methyl sites for hydroxylation is 1. The second-order valence-electron chi connectivity index (χ2n) is 6.12. The number of hydrogen-bond donors (Lipinski definition) is 0. The molecule has 6 nitrogen and oxygen atoms in total. The summed E-state index contributed by atoms with van der Waals surface area (Å²) in [5.74, 6) is 0.707. The maximum atomic E-state index is 12.7. The van der Waals surface area contributed by atoms with Gasteiger partial charge in [-0.25, -0.2) is 0 Å². The third kappa shape index (κ3) is 4.81. The zero-order chi connectivity index (χ0) is 15.9. The van der Waals surface area contributed by atoms with Gasteiger partial charge in [0, 0.05) is 38.7 Å². The van der Waals surface area contributed by atoms with Gasteiger partial charge >= 0.3 is 0 Å². The van der Waals surface area contributed by atoms with Gasteiger partial charge in [-0.15, -0.1) is 0 Å². The Kier molecular flexibility index (Phi) is 6.39. The van der Waals surface area contributed by atoms with Crippen LogP contribution in [-0.4, -0.2) is 67.3 Å². The summed E-state index contributed by atoms with van der Waals surface area (Å²) in [4.78, 5) is 16.6. The number of ether oxygens (including phenoxy) is 1. The predicted molar refractivity (Wildman–Crippen MR) is 83.9 cm³/mol. The van der Waals surface area contributed by atoms with Gasteiger partial charge in [0.15, 0.2) is 5.69 Å². The minimum atomic E-state index is -0.0662. The summed E-state index contributed by atoms with van der Waals surface area (Å²) in [6.07, 6.45) is 4.02. The second-order valence-corrected chi connectivity index (χ2v) is 6.12. The lowest BCUT2D eigenvalue weighted by molar-refractivity contribution is 0.0504. The van der Waals surface area contributed by atoms with Crippen LogP contribution in [0.4, 0.5) is 0 Å². The van der Waals surface area contributed by atoms with E-state index >= 15 is 0 Å². The fraction of sp³-hybridized carbons (Fsp3) is 0.750. The van der Waals surface area contributed by atoms with Crippen LogP contribution in [0, 0.1) is 0 Å². The Labute approximate surface area is 132 Å². The van der Waals surface area contributed by atoms with Gasteiger partial charge in [-0.1, -0.05) is 12.1 Å². The van der Waals surface area contributed by atoms with Gasteiger partial charge in [-0.2, -0.15) is 0 Å². The number of amides is 1. The van der Waals surface area contributed by atoms with Crippen LogP contribution in [0.5, 0.6) is 0 Å². The molecular weight excluding hydrogens is 282 g/mol. The number of rotatable bonds is 8. The highest BCUT2D eigenvalue weighted by Crippen LogP contribution is 2.15. The summed E-state index contributed by atoms with van der Waals surface area (Å²) in [6, 6.07) is 1.77. The molecule has 0 spiro atoms. The monoisotopic (exact) mass is 309 g/mol. The molecule has 1 atom stereocenters. The summed E-state index contributed by atoms with van der Waals surface area (Å²) in [6.45, 7) is 4.98. The lowest BCUT2D eigenvalue weighted by atomic mass is 10.2. The topological polar surface area (TPSA) is 58.8 Å². The van der Waals surface area contributed by atoms with E-state index in [2.05, 4.69) is 17.0 Å². The van der Waals surface area contributed by atoms with Gasteiger partial charge in [0.1, 0.15) is 5.76 Å².